The van der Waals surface area contributed by atoms with Crippen molar-refractivity contribution in [2.24, 2.45) is 0 Å². The van der Waals surface area contributed by atoms with Crippen molar-refractivity contribution in [3.05, 3.63) is 48.1 Å². The minimum atomic E-state index is -0.552. The van der Waals surface area contributed by atoms with Gasteiger partial charge in [-0.3, -0.25) is 9.48 Å². The number of carbonyl (C=O) groups excluding carboxylic acids is 1. The first-order chi connectivity index (χ1) is 10.1. The summed E-state index contributed by atoms with van der Waals surface area (Å²) in [4.78, 5) is 15.7. The summed E-state index contributed by atoms with van der Waals surface area (Å²) in [5.41, 5.74) is 0.159. The van der Waals surface area contributed by atoms with Crippen molar-refractivity contribution >= 4 is 5.91 Å². The highest BCUT2D eigenvalue weighted by Crippen LogP contribution is 2.21. The molecule has 0 spiro atoms. The Hall–Kier alpha value is -2.31. The standard InChI is InChI=1S/C14H16F2N4O/c1-2-13(11-7-10(15)3-4-12(11)16)19-14(21)5-6-20-9-17-8-18-20/h3-4,7-9,13H,2,5-6H2,1H3,(H,19,21)/t13-/m0/s1. The Morgan fingerprint density at radius 2 is 2.24 bits per heavy atom. The molecule has 0 aliphatic heterocycles. The van der Waals surface area contributed by atoms with E-state index >= 15 is 0 Å². The van der Waals surface area contributed by atoms with Crippen LogP contribution in [0.2, 0.25) is 0 Å². The molecule has 2 aromatic rings. The van der Waals surface area contributed by atoms with Gasteiger partial charge in [0, 0.05) is 12.0 Å². The van der Waals surface area contributed by atoms with Crippen LogP contribution in [0.5, 0.6) is 0 Å². The second-order valence-corrected chi connectivity index (χ2v) is 4.60. The molecule has 0 fully saturated rings. The molecular weight excluding hydrogens is 278 g/mol. The Bertz CT molecular complexity index is 601. The highest BCUT2D eigenvalue weighted by atomic mass is 19.1. The lowest BCUT2D eigenvalue weighted by atomic mass is 10.0. The zero-order chi connectivity index (χ0) is 15.2. The van der Waals surface area contributed by atoms with Crippen molar-refractivity contribution in [2.75, 3.05) is 0 Å². The van der Waals surface area contributed by atoms with E-state index in [9.17, 15) is 13.6 Å². The molecule has 1 heterocycles. The molecule has 0 radical (unpaired) electrons. The van der Waals surface area contributed by atoms with Crippen LogP contribution in [-0.4, -0.2) is 20.7 Å². The Morgan fingerprint density at radius 1 is 1.43 bits per heavy atom. The average molecular weight is 294 g/mol. The summed E-state index contributed by atoms with van der Waals surface area (Å²) in [6.07, 6.45) is 3.55. The number of amides is 1. The van der Waals surface area contributed by atoms with Crippen LogP contribution in [0, 0.1) is 11.6 Å². The molecule has 1 amide bonds. The van der Waals surface area contributed by atoms with Gasteiger partial charge in [-0.05, 0) is 24.6 Å². The zero-order valence-corrected chi connectivity index (χ0v) is 11.6. The highest BCUT2D eigenvalue weighted by Gasteiger charge is 2.17. The molecule has 1 aromatic heterocycles. The summed E-state index contributed by atoms with van der Waals surface area (Å²) in [5.74, 6) is -1.30. The summed E-state index contributed by atoms with van der Waals surface area (Å²) in [6, 6.07) is 2.68. The van der Waals surface area contributed by atoms with Gasteiger partial charge in [-0.2, -0.15) is 5.10 Å². The minimum absolute atomic E-state index is 0.159. The van der Waals surface area contributed by atoms with E-state index in [1.54, 1.807) is 6.92 Å². The largest absolute Gasteiger partial charge is 0.349 e. The van der Waals surface area contributed by atoms with Gasteiger partial charge in [-0.1, -0.05) is 6.92 Å². The van der Waals surface area contributed by atoms with E-state index in [0.717, 1.165) is 18.2 Å². The van der Waals surface area contributed by atoms with Crippen molar-refractivity contribution in [3.63, 3.8) is 0 Å². The molecular formula is C14H16F2N4O. The summed E-state index contributed by atoms with van der Waals surface area (Å²) < 4.78 is 28.5. The maximum absolute atomic E-state index is 13.7. The minimum Gasteiger partial charge on any atom is -0.349 e. The molecule has 1 atom stereocenters. The van der Waals surface area contributed by atoms with Gasteiger partial charge in [0.1, 0.15) is 24.3 Å². The Balaban J connectivity index is 1.98. The van der Waals surface area contributed by atoms with E-state index < -0.39 is 17.7 Å². The van der Waals surface area contributed by atoms with Crippen LogP contribution < -0.4 is 5.32 Å². The molecule has 5 nitrogen and oxygen atoms in total. The summed E-state index contributed by atoms with van der Waals surface area (Å²) in [7, 11) is 0. The highest BCUT2D eigenvalue weighted by molar-refractivity contribution is 5.76. The van der Waals surface area contributed by atoms with Crippen LogP contribution in [0.15, 0.2) is 30.9 Å². The van der Waals surface area contributed by atoms with Crippen LogP contribution in [0.1, 0.15) is 31.4 Å². The number of aryl methyl sites for hydroxylation is 1. The predicted octanol–water partition coefficient (Wildman–Crippen LogP) is 2.21. The first-order valence-corrected chi connectivity index (χ1v) is 6.67. The van der Waals surface area contributed by atoms with Gasteiger partial charge in [0.2, 0.25) is 5.91 Å². The van der Waals surface area contributed by atoms with E-state index in [2.05, 4.69) is 15.4 Å². The monoisotopic (exact) mass is 294 g/mol. The van der Waals surface area contributed by atoms with Crippen molar-refractivity contribution in [3.8, 4) is 0 Å². The molecule has 0 bridgehead atoms. The molecule has 1 aromatic carbocycles. The summed E-state index contributed by atoms with van der Waals surface area (Å²) in [6.45, 7) is 2.18. The SMILES string of the molecule is CC[C@H](NC(=O)CCn1cncn1)c1cc(F)ccc1F. The molecule has 0 unspecified atom stereocenters. The van der Waals surface area contributed by atoms with Crippen LogP contribution >= 0.6 is 0 Å². The van der Waals surface area contributed by atoms with E-state index in [0.29, 0.717) is 13.0 Å². The van der Waals surface area contributed by atoms with Gasteiger partial charge in [-0.25, -0.2) is 13.8 Å². The first kappa shape index (κ1) is 15.1. The number of nitrogens with zero attached hydrogens (tertiary/aromatic N) is 3. The van der Waals surface area contributed by atoms with Crippen LogP contribution in [0.3, 0.4) is 0 Å². The van der Waals surface area contributed by atoms with E-state index in [4.69, 9.17) is 0 Å². The third-order valence-corrected chi connectivity index (χ3v) is 3.11. The number of hydrogen-bond acceptors (Lipinski definition) is 3. The number of aromatic nitrogens is 3. The van der Waals surface area contributed by atoms with Gasteiger partial charge < -0.3 is 5.32 Å². The Morgan fingerprint density at radius 3 is 2.90 bits per heavy atom. The lowest BCUT2D eigenvalue weighted by Gasteiger charge is -2.18. The van der Waals surface area contributed by atoms with Crippen molar-refractivity contribution < 1.29 is 13.6 Å². The van der Waals surface area contributed by atoms with E-state index in [1.165, 1.54) is 17.3 Å². The number of nitrogens with one attached hydrogen (secondary N) is 1. The average Bonchev–Trinajstić information content (AvgIpc) is 2.98. The maximum Gasteiger partial charge on any atom is 0.222 e. The summed E-state index contributed by atoms with van der Waals surface area (Å²) >= 11 is 0. The van der Waals surface area contributed by atoms with Crippen molar-refractivity contribution in [1.82, 2.24) is 20.1 Å². The Labute approximate surface area is 121 Å². The van der Waals surface area contributed by atoms with E-state index in [1.807, 2.05) is 0 Å². The normalized spacial score (nSPS) is 12.1. The maximum atomic E-state index is 13.7. The fourth-order valence-electron chi connectivity index (χ4n) is 2.01. The van der Waals surface area contributed by atoms with Crippen molar-refractivity contribution in [1.29, 1.82) is 0 Å². The predicted molar refractivity (Wildman–Crippen MR) is 72.2 cm³/mol. The number of carbonyl (C=O) groups is 1. The fraction of sp³-hybridized carbons (Fsp3) is 0.357. The summed E-state index contributed by atoms with van der Waals surface area (Å²) in [5, 5.41) is 6.59. The quantitative estimate of drug-likeness (QED) is 0.888. The number of benzene rings is 1. The molecule has 1 N–H and O–H groups in total. The molecule has 0 aliphatic carbocycles. The molecule has 112 valence electrons. The first-order valence-electron chi connectivity index (χ1n) is 6.67. The number of halogens is 2. The van der Waals surface area contributed by atoms with Gasteiger partial charge in [0.05, 0.1) is 12.6 Å². The zero-order valence-electron chi connectivity index (χ0n) is 11.6. The van der Waals surface area contributed by atoms with Crippen LogP contribution in [0.4, 0.5) is 8.78 Å². The molecule has 2 rings (SSSR count). The van der Waals surface area contributed by atoms with E-state index in [-0.39, 0.29) is 17.9 Å². The van der Waals surface area contributed by atoms with Gasteiger partial charge in [-0.15, -0.1) is 0 Å². The lowest BCUT2D eigenvalue weighted by Crippen LogP contribution is -2.29. The fourth-order valence-corrected chi connectivity index (χ4v) is 2.01. The second-order valence-electron chi connectivity index (χ2n) is 4.60. The third kappa shape index (κ3) is 4.08. The molecule has 0 aliphatic rings. The molecule has 0 saturated heterocycles. The number of rotatable bonds is 6. The molecule has 0 saturated carbocycles. The van der Waals surface area contributed by atoms with Crippen LogP contribution in [0.25, 0.3) is 0 Å². The number of hydrogen-bond donors (Lipinski definition) is 1. The van der Waals surface area contributed by atoms with Gasteiger partial charge >= 0.3 is 0 Å². The molecule has 7 heteroatoms. The Kier molecular flexibility index (Phi) is 4.97. The topological polar surface area (TPSA) is 59.8 Å². The van der Waals surface area contributed by atoms with Gasteiger partial charge in [0.25, 0.3) is 0 Å². The van der Waals surface area contributed by atoms with Gasteiger partial charge in [0.15, 0.2) is 0 Å². The smallest absolute Gasteiger partial charge is 0.222 e. The lowest BCUT2D eigenvalue weighted by molar-refractivity contribution is -0.122. The molecule has 21 heavy (non-hydrogen) atoms. The second kappa shape index (κ2) is 6.92. The van der Waals surface area contributed by atoms with Crippen LogP contribution in [-0.2, 0) is 11.3 Å². The van der Waals surface area contributed by atoms with Crippen molar-refractivity contribution in [2.45, 2.75) is 32.4 Å². The third-order valence-electron chi connectivity index (χ3n) is 3.11.